The van der Waals surface area contributed by atoms with E-state index in [4.69, 9.17) is 9.47 Å². The summed E-state index contributed by atoms with van der Waals surface area (Å²) < 4.78 is 33.9. The SMILES string of the molecule is COc1ccc(C(=O)CN([C@H]2CS(=O)(=O)C[C@@H]2O)N(C)C)cc1OC. The number of Topliss-reactive ketones (excluding diaryl/α,β-unsaturated/α-hetero) is 1. The average Bonchev–Trinajstić information content (AvgIpc) is 2.83. The minimum absolute atomic E-state index is 0.0558. The third-order valence-electron chi connectivity index (χ3n) is 4.20. The Labute approximate surface area is 147 Å². The molecule has 1 aliphatic heterocycles. The molecular weight excluding hydrogens is 348 g/mol. The third kappa shape index (κ3) is 4.49. The van der Waals surface area contributed by atoms with Gasteiger partial charge in [-0.15, -0.1) is 0 Å². The maximum atomic E-state index is 12.7. The fraction of sp³-hybridized carbons (Fsp3) is 0.562. The van der Waals surface area contributed by atoms with Crippen LogP contribution >= 0.6 is 0 Å². The van der Waals surface area contributed by atoms with E-state index in [0.717, 1.165) is 0 Å². The standard InChI is InChI=1S/C16H24N2O6S/c1-17(2)18(12-9-25(21,22)10-14(12)20)8-13(19)11-5-6-15(23-3)16(7-11)24-4/h5-7,12,14,20H,8-10H2,1-4H3/t12-,14-/m0/s1. The monoisotopic (exact) mass is 372 g/mol. The highest BCUT2D eigenvalue weighted by molar-refractivity contribution is 7.91. The van der Waals surface area contributed by atoms with Crippen LogP contribution in [0.4, 0.5) is 0 Å². The Kier molecular flexibility index (Phi) is 6.04. The van der Waals surface area contributed by atoms with Gasteiger partial charge in [0.1, 0.15) is 0 Å². The summed E-state index contributed by atoms with van der Waals surface area (Å²) in [7, 11) is 3.10. The van der Waals surface area contributed by atoms with E-state index in [0.29, 0.717) is 17.1 Å². The van der Waals surface area contributed by atoms with Crippen LogP contribution in [-0.4, -0.2) is 87.8 Å². The number of hydrazine groups is 1. The van der Waals surface area contributed by atoms with Crippen LogP contribution in [0.25, 0.3) is 0 Å². The van der Waals surface area contributed by atoms with Crippen molar-refractivity contribution in [1.29, 1.82) is 0 Å². The van der Waals surface area contributed by atoms with Crippen molar-refractivity contribution in [3.8, 4) is 11.5 Å². The van der Waals surface area contributed by atoms with Crippen molar-refractivity contribution in [3.63, 3.8) is 0 Å². The van der Waals surface area contributed by atoms with Crippen LogP contribution in [0.3, 0.4) is 0 Å². The normalized spacial score (nSPS) is 22.4. The number of carbonyl (C=O) groups excluding carboxylic acids is 1. The Morgan fingerprint density at radius 1 is 1.20 bits per heavy atom. The van der Waals surface area contributed by atoms with Crippen LogP contribution in [0, 0.1) is 0 Å². The fourth-order valence-electron chi connectivity index (χ4n) is 2.90. The maximum Gasteiger partial charge on any atom is 0.178 e. The topological polar surface area (TPSA) is 96.4 Å². The predicted molar refractivity (Wildman–Crippen MR) is 92.7 cm³/mol. The summed E-state index contributed by atoms with van der Waals surface area (Å²) in [5.41, 5.74) is 0.417. The zero-order chi connectivity index (χ0) is 18.8. The summed E-state index contributed by atoms with van der Waals surface area (Å²) in [5, 5.41) is 13.3. The van der Waals surface area contributed by atoms with Gasteiger partial charge < -0.3 is 14.6 Å². The average molecular weight is 372 g/mol. The summed E-state index contributed by atoms with van der Waals surface area (Å²) in [5.74, 6) is 0.276. The van der Waals surface area contributed by atoms with E-state index in [1.165, 1.54) is 14.2 Å². The number of hydrogen-bond donors (Lipinski definition) is 1. The first kappa shape index (κ1) is 19.6. The Morgan fingerprint density at radius 3 is 2.32 bits per heavy atom. The molecule has 2 rings (SSSR count). The lowest BCUT2D eigenvalue weighted by molar-refractivity contribution is -0.0420. The molecule has 0 unspecified atom stereocenters. The van der Waals surface area contributed by atoms with Gasteiger partial charge in [-0.3, -0.25) is 4.79 Å². The van der Waals surface area contributed by atoms with Gasteiger partial charge in [0.05, 0.1) is 44.4 Å². The van der Waals surface area contributed by atoms with E-state index in [-0.39, 0.29) is 23.8 Å². The number of ketones is 1. The van der Waals surface area contributed by atoms with Gasteiger partial charge in [0.25, 0.3) is 0 Å². The molecule has 1 heterocycles. The third-order valence-corrected chi connectivity index (χ3v) is 5.90. The number of rotatable bonds is 7. The molecule has 2 atom stereocenters. The number of carbonyl (C=O) groups is 1. The van der Waals surface area contributed by atoms with Crippen molar-refractivity contribution in [1.82, 2.24) is 10.0 Å². The molecule has 0 aliphatic carbocycles. The van der Waals surface area contributed by atoms with Gasteiger partial charge in [-0.05, 0) is 18.2 Å². The van der Waals surface area contributed by atoms with Crippen molar-refractivity contribution in [2.45, 2.75) is 12.1 Å². The van der Waals surface area contributed by atoms with Crippen molar-refractivity contribution in [2.24, 2.45) is 0 Å². The molecule has 1 aromatic carbocycles. The smallest absolute Gasteiger partial charge is 0.178 e. The highest BCUT2D eigenvalue weighted by atomic mass is 32.2. The summed E-state index contributed by atoms with van der Waals surface area (Å²) >= 11 is 0. The van der Waals surface area contributed by atoms with Crippen LogP contribution in [0.2, 0.25) is 0 Å². The van der Waals surface area contributed by atoms with E-state index < -0.39 is 22.0 Å². The van der Waals surface area contributed by atoms with E-state index in [9.17, 15) is 18.3 Å². The summed E-state index contributed by atoms with van der Waals surface area (Å²) in [6.45, 7) is -0.0558. The zero-order valence-corrected chi connectivity index (χ0v) is 15.6. The molecule has 25 heavy (non-hydrogen) atoms. The van der Waals surface area contributed by atoms with Crippen molar-refractivity contribution in [3.05, 3.63) is 23.8 Å². The molecule has 1 fully saturated rings. The summed E-state index contributed by atoms with van der Waals surface area (Å²) in [6, 6.07) is 4.20. The molecule has 0 saturated carbocycles. The molecule has 1 N–H and O–H groups in total. The molecule has 1 saturated heterocycles. The number of sulfone groups is 1. The second-order valence-electron chi connectivity index (χ2n) is 6.15. The maximum absolute atomic E-state index is 12.7. The van der Waals surface area contributed by atoms with Gasteiger partial charge in [-0.2, -0.15) is 0 Å². The van der Waals surface area contributed by atoms with E-state index in [1.54, 1.807) is 42.3 Å². The molecule has 0 bridgehead atoms. The number of nitrogens with zero attached hydrogens (tertiary/aromatic N) is 2. The van der Waals surface area contributed by atoms with Gasteiger partial charge in [-0.1, -0.05) is 0 Å². The summed E-state index contributed by atoms with van der Waals surface area (Å²) in [4.78, 5) is 12.7. The highest BCUT2D eigenvalue weighted by Crippen LogP contribution is 2.28. The summed E-state index contributed by atoms with van der Waals surface area (Å²) in [6.07, 6.45) is -1.02. The van der Waals surface area contributed by atoms with Crippen molar-refractivity contribution >= 4 is 15.6 Å². The Balaban J connectivity index is 2.21. The molecule has 0 amide bonds. The van der Waals surface area contributed by atoms with Gasteiger partial charge in [0.15, 0.2) is 27.1 Å². The largest absolute Gasteiger partial charge is 0.493 e. The van der Waals surface area contributed by atoms with Crippen LogP contribution in [-0.2, 0) is 9.84 Å². The number of aliphatic hydroxyl groups excluding tert-OH is 1. The molecular formula is C16H24N2O6S. The van der Waals surface area contributed by atoms with E-state index in [1.807, 2.05) is 0 Å². The zero-order valence-electron chi connectivity index (χ0n) is 14.8. The van der Waals surface area contributed by atoms with Crippen LogP contribution < -0.4 is 9.47 Å². The second kappa shape index (κ2) is 7.69. The molecule has 140 valence electrons. The first-order valence-electron chi connectivity index (χ1n) is 7.76. The quantitative estimate of drug-likeness (QED) is 0.520. The number of methoxy groups -OCH3 is 2. The molecule has 0 aromatic heterocycles. The predicted octanol–water partition coefficient (Wildman–Crippen LogP) is -0.177. The van der Waals surface area contributed by atoms with Crippen LogP contribution in [0.5, 0.6) is 11.5 Å². The van der Waals surface area contributed by atoms with Crippen molar-refractivity contribution in [2.75, 3.05) is 46.4 Å². The lowest BCUT2D eigenvalue weighted by atomic mass is 10.1. The number of benzene rings is 1. The van der Waals surface area contributed by atoms with E-state index >= 15 is 0 Å². The molecule has 0 radical (unpaired) electrons. The molecule has 0 spiro atoms. The van der Waals surface area contributed by atoms with Gasteiger partial charge in [0, 0.05) is 19.7 Å². The lowest BCUT2D eigenvalue weighted by Crippen LogP contribution is -2.52. The Morgan fingerprint density at radius 2 is 1.84 bits per heavy atom. The van der Waals surface area contributed by atoms with E-state index in [2.05, 4.69) is 0 Å². The highest BCUT2D eigenvalue weighted by Gasteiger charge is 2.41. The molecule has 8 nitrogen and oxygen atoms in total. The molecule has 1 aliphatic rings. The lowest BCUT2D eigenvalue weighted by Gasteiger charge is -2.34. The van der Waals surface area contributed by atoms with Crippen LogP contribution in [0.15, 0.2) is 18.2 Å². The first-order valence-corrected chi connectivity index (χ1v) is 9.58. The number of ether oxygens (including phenoxy) is 2. The van der Waals surface area contributed by atoms with Gasteiger partial charge >= 0.3 is 0 Å². The Bertz CT molecular complexity index is 734. The molecule has 1 aromatic rings. The Hall–Kier alpha value is -1.68. The second-order valence-corrected chi connectivity index (χ2v) is 8.30. The van der Waals surface area contributed by atoms with Gasteiger partial charge in [0.2, 0.25) is 0 Å². The van der Waals surface area contributed by atoms with Crippen LogP contribution in [0.1, 0.15) is 10.4 Å². The van der Waals surface area contributed by atoms with Gasteiger partial charge in [-0.25, -0.2) is 18.4 Å². The fourth-order valence-corrected chi connectivity index (χ4v) is 4.69. The minimum atomic E-state index is -3.31. The minimum Gasteiger partial charge on any atom is -0.493 e. The van der Waals surface area contributed by atoms with Crippen molar-refractivity contribution < 1.29 is 27.8 Å². The number of hydrogen-bond acceptors (Lipinski definition) is 8. The first-order chi connectivity index (χ1) is 11.7. The molecule has 9 heteroatoms. The number of aliphatic hydroxyl groups is 1.